The molecule has 0 radical (unpaired) electrons. The predicted molar refractivity (Wildman–Crippen MR) is 91.2 cm³/mol. The molecule has 1 atom stereocenters. The Morgan fingerprint density at radius 3 is 2.43 bits per heavy atom. The van der Waals surface area contributed by atoms with Gasteiger partial charge in [-0.15, -0.1) is 10.2 Å². The van der Waals surface area contributed by atoms with E-state index < -0.39 is 0 Å². The normalized spacial score (nSPS) is 12.3. The zero-order valence-electron chi connectivity index (χ0n) is 13.1. The van der Waals surface area contributed by atoms with Crippen LogP contribution in [0.1, 0.15) is 30.0 Å². The van der Waals surface area contributed by atoms with Crippen LogP contribution in [0.5, 0.6) is 0 Å². The molecule has 1 heterocycles. The van der Waals surface area contributed by atoms with E-state index in [0.29, 0.717) is 18.3 Å². The van der Waals surface area contributed by atoms with Crippen molar-refractivity contribution in [1.29, 1.82) is 0 Å². The summed E-state index contributed by atoms with van der Waals surface area (Å²) in [6.45, 7) is 4.65. The summed E-state index contributed by atoms with van der Waals surface area (Å²) in [5.74, 6) is 1.11. The molecule has 0 fully saturated rings. The molecule has 1 aromatic heterocycles. The Hall–Kier alpha value is -2.17. The van der Waals surface area contributed by atoms with E-state index in [-0.39, 0.29) is 6.04 Å². The number of hydrogen-bond donors (Lipinski definition) is 1. The molecule has 5 heteroatoms. The maximum atomic E-state index is 5.91. The SMILES string of the molecule is Cc1ccc(-c2nnc(CN[C@@H](C)c3ccc(Cl)cc3)o2)cc1. The molecule has 0 saturated carbocycles. The molecule has 1 N–H and O–H groups in total. The van der Waals surface area contributed by atoms with Crippen molar-refractivity contribution in [2.75, 3.05) is 0 Å². The van der Waals surface area contributed by atoms with Gasteiger partial charge in [0.05, 0.1) is 6.54 Å². The average Bonchev–Trinajstić information content (AvgIpc) is 3.03. The first-order chi connectivity index (χ1) is 11.1. The lowest BCUT2D eigenvalue weighted by Crippen LogP contribution is -2.18. The maximum Gasteiger partial charge on any atom is 0.247 e. The van der Waals surface area contributed by atoms with Crippen molar-refractivity contribution in [1.82, 2.24) is 15.5 Å². The fraction of sp³-hybridized carbons (Fsp3) is 0.222. The maximum absolute atomic E-state index is 5.91. The Balaban J connectivity index is 1.63. The van der Waals surface area contributed by atoms with Crippen LogP contribution in [-0.2, 0) is 6.54 Å². The molecule has 0 aliphatic carbocycles. The van der Waals surface area contributed by atoms with E-state index in [9.17, 15) is 0 Å². The van der Waals surface area contributed by atoms with Crippen molar-refractivity contribution < 1.29 is 4.42 Å². The number of aromatic nitrogens is 2. The Labute approximate surface area is 140 Å². The second-order valence-electron chi connectivity index (χ2n) is 5.52. The topological polar surface area (TPSA) is 51.0 Å². The molecule has 0 bridgehead atoms. The summed E-state index contributed by atoms with van der Waals surface area (Å²) in [4.78, 5) is 0. The Bertz CT molecular complexity index is 766. The van der Waals surface area contributed by atoms with Crippen LogP contribution in [-0.4, -0.2) is 10.2 Å². The molecular formula is C18H18ClN3O. The van der Waals surface area contributed by atoms with Gasteiger partial charge >= 0.3 is 0 Å². The molecule has 0 unspecified atom stereocenters. The zero-order chi connectivity index (χ0) is 16.2. The number of nitrogens with one attached hydrogen (secondary N) is 1. The van der Waals surface area contributed by atoms with Crippen molar-refractivity contribution in [2.45, 2.75) is 26.4 Å². The third-order valence-electron chi connectivity index (χ3n) is 3.69. The van der Waals surface area contributed by atoms with Crippen molar-refractivity contribution in [3.05, 3.63) is 70.6 Å². The summed E-state index contributed by atoms with van der Waals surface area (Å²) < 4.78 is 5.71. The molecule has 118 valence electrons. The summed E-state index contributed by atoms with van der Waals surface area (Å²) in [6.07, 6.45) is 0. The summed E-state index contributed by atoms with van der Waals surface area (Å²) in [6, 6.07) is 16.0. The molecule has 3 aromatic rings. The first kappa shape index (κ1) is 15.7. The number of aryl methyl sites for hydroxylation is 1. The number of nitrogens with zero attached hydrogens (tertiary/aromatic N) is 2. The molecular weight excluding hydrogens is 310 g/mol. The molecule has 4 nitrogen and oxygen atoms in total. The van der Waals surface area contributed by atoms with Crippen molar-refractivity contribution >= 4 is 11.6 Å². The van der Waals surface area contributed by atoms with Gasteiger partial charge in [-0.3, -0.25) is 0 Å². The standard InChI is InChI=1S/C18H18ClN3O/c1-12-3-5-15(6-4-12)18-22-21-17(23-18)11-20-13(2)14-7-9-16(19)10-8-14/h3-10,13,20H,11H2,1-2H3/t13-/m0/s1. The van der Waals surface area contributed by atoms with E-state index >= 15 is 0 Å². The van der Waals surface area contributed by atoms with Gasteiger partial charge < -0.3 is 9.73 Å². The van der Waals surface area contributed by atoms with Crippen LogP contribution in [0.25, 0.3) is 11.5 Å². The summed E-state index contributed by atoms with van der Waals surface area (Å²) >= 11 is 5.91. The van der Waals surface area contributed by atoms with Crippen LogP contribution in [0.4, 0.5) is 0 Å². The molecule has 0 amide bonds. The van der Waals surface area contributed by atoms with Crippen LogP contribution in [0, 0.1) is 6.92 Å². The van der Waals surface area contributed by atoms with E-state index in [0.717, 1.165) is 16.1 Å². The van der Waals surface area contributed by atoms with Gasteiger partial charge in [0.15, 0.2) is 0 Å². The highest BCUT2D eigenvalue weighted by Gasteiger charge is 2.10. The third kappa shape index (κ3) is 3.97. The zero-order valence-corrected chi connectivity index (χ0v) is 13.8. The number of hydrogen-bond acceptors (Lipinski definition) is 4. The number of benzene rings is 2. The van der Waals surface area contributed by atoms with Gasteiger partial charge in [-0.25, -0.2) is 0 Å². The highest BCUT2D eigenvalue weighted by atomic mass is 35.5. The first-order valence-electron chi connectivity index (χ1n) is 7.50. The van der Waals surface area contributed by atoms with Crippen LogP contribution >= 0.6 is 11.6 Å². The van der Waals surface area contributed by atoms with Crippen LogP contribution in [0.2, 0.25) is 5.02 Å². The molecule has 2 aromatic carbocycles. The van der Waals surface area contributed by atoms with Crippen molar-refractivity contribution in [2.24, 2.45) is 0 Å². The lowest BCUT2D eigenvalue weighted by Gasteiger charge is -2.12. The van der Waals surface area contributed by atoms with Crippen LogP contribution in [0.3, 0.4) is 0 Å². The van der Waals surface area contributed by atoms with Gasteiger partial charge in [-0.1, -0.05) is 41.4 Å². The molecule has 0 aliphatic heterocycles. The lowest BCUT2D eigenvalue weighted by atomic mass is 10.1. The van der Waals surface area contributed by atoms with Crippen LogP contribution in [0.15, 0.2) is 52.9 Å². The minimum Gasteiger partial charge on any atom is -0.419 e. The van der Waals surface area contributed by atoms with E-state index in [1.165, 1.54) is 5.56 Å². The molecule has 0 saturated heterocycles. The quantitative estimate of drug-likeness (QED) is 0.747. The minimum absolute atomic E-state index is 0.169. The first-order valence-corrected chi connectivity index (χ1v) is 7.88. The second-order valence-corrected chi connectivity index (χ2v) is 5.96. The Morgan fingerprint density at radius 1 is 1.04 bits per heavy atom. The van der Waals surface area contributed by atoms with E-state index in [1.54, 1.807) is 0 Å². The van der Waals surface area contributed by atoms with Crippen molar-refractivity contribution in [3.63, 3.8) is 0 Å². The van der Waals surface area contributed by atoms with Crippen molar-refractivity contribution in [3.8, 4) is 11.5 Å². The number of halogens is 1. The predicted octanol–water partition coefficient (Wildman–Crippen LogP) is 4.55. The molecule has 0 spiro atoms. The van der Waals surface area contributed by atoms with Crippen LogP contribution < -0.4 is 5.32 Å². The van der Waals surface area contributed by atoms with Gasteiger partial charge in [-0.2, -0.15) is 0 Å². The summed E-state index contributed by atoms with van der Waals surface area (Å²) in [5.41, 5.74) is 3.29. The van der Waals surface area contributed by atoms with E-state index in [2.05, 4.69) is 22.4 Å². The number of rotatable bonds is 5. The van der Waals surface area contributed by atoms with Gasteiger partial charge in [0.25, 0.3) is 0 Å². The van der Waals surface area contributed by atoms with Gasteiger partial charge in [0, 0.05) is 16.6 Å². The van der Waals surface area contributed by atoms with Gasteiger partial charge in [0.2, 0.25) is 11.8 Å². The average molecular weight is 328 g/mol. The molecule has 0 aliphatic rings. The minimum atomic E-state index is 0.169. The summed E-state index contributed by atoms with van der Waals surface area (Å²) in [7, 11) is 0. The van der Waals surface area contributed by atoms with E-state index in [1.807, 2.05) is 55.5 Å². The fourth-order valence-electron chi connectivity index (χ4n) is 2.25. The Morgan fingerprint density at radius 2 is 1.74 bits per heavy atom. The molecule has 23 heavy (non-hydrogen) atoms. The monoisotopic (exact) mass is 327 g/mol. The molecule has 3 rings (SSSR count). The Kier molecular flexibility index (Phi) is 4.74. The highest BCUT2D eigenvalue weighted by Crippen LogP contribution is 2.19. The largest absolute Gasteiger partial charge is 0.419 e. The van der Waals surface area contributed by atoms with E-state index in [4.69, 9.17) is 16.0 Å². The second kappa shape index (κ2) is 6.94. The fourth-order valence-corrected chi connectivity index (χ4v) is 2.37. The summed E-state index contributed by atoms with van der Waals surface area (Å²) in [5, 5.41) is 12.3. The smallest absolute Gasteiger partial charge is 0.247 e. The van der Waals surface area contributed by atoms with Gasteiger partial charge in [0.1, 0.15) is 0 Å². The van der Waals surface area contributed by atoms with Gasteiger partial charge in [-0.05, 0) is 43.7 Å². The highest BCUT2D eigenvalue weighted by molar-refractivity contribution is 6.30. The lowest BCUT2D eigenvalue weighted by molar-refractivity contribution is 0.454. The third-order valence-corrected chi connectivity index (χ3v) is 3.95.